The van der Waals surface area contributed by atoms with E-state index in [1.807, 2.05) is 62.3 Å². The number of hydrogen-bond acceptors (Lipinski definition) is 8. The molecule has 0 aliphatic heterocycles. The van der Waals surface area contributed by atoms with Gasteiger partial charge < -0.3 is 26.2 Å². The van der Waals surface area contributed by atoms with Crippen LogP contribution in [0, 0.1) is 10.8 Å². The highest BCUT2D eigenvalue weighted by molar-refractivity contribution is 5.43. The maximum Gasteiger partial charge on any atom is 0.231 e. The van der Waals surface area contributed by atoms with E-state index in [2.05, 4.69) is 30.9 Å². The van der Waals surface area contributed by atoms with E-state index in [1.54, 1.807) is 0 Å². The van der Waals surface area contributed by atoms with E-state index >= 15 is 0 Å². The molecule has 2 unspecified atom stereocenters. The largest absolute Gasteiger partial charge is 0.374 e. The van der Waals surface area contributed by atoms with Crippen molar-refractivity contribution in [3.63, 3.8) is 0 Å². The van der Waals surface area contributed by atoms with E-state index in [-0.39, 0.29) is 28.3 Å². The highest BCUT2D eigenvalue weighted by Crippen LogP contribution is 2.23. The maximum atomic E-state index is 10.3. The van der Waals surface area contributed by atoms with E-state index in [0.29, 0.717) is 18.8 Å². The molecule has 0 amide bonds. The van der Waals surface area contributed by atoms with Crippen LogP contribution in [0.5, 0.6) is 0 Å². The first-order valence-corrected chi connectivity index (χ1v) is 9.46. The van der Waals surface area contributed by atoms with Crippen LogP contribution in [0.1, 0.15) is 75.2 Å². The van der Waals surface area contributed by atoms with E-state index in [9.17, 15) is 10.2 Å². The summed E-state index contributed by atoms with van der Waals surface area (Å²) in [5.41, 5.74) is -0.338. The molecule has 0 aromatic carbocycles. The highest BCUT2D eigenvalue weighted by atomic mass is 16.3. The first-order chi connectivity index (χ1) is 12.0. The van der Waals surface area contributed by atoms with E-state index < -0.39 is 12.5 Å². The molecule has 0 fully saturated rings. The van der Waals surface area contributed by atoms with Gasteiger partial charge in [0.2, 0.25) is 17.8 Å². The summed E-state index contributed by atoms with van der Waals surface area (Å²) in [7, 11) is 0. The molecule has 1 aromatic rings. The van der Waals surface area contributed by atoms with Crippen molar-refractivity contribution in [2.75, 3.05) is 16.0 Å². The highest BCUT2D eigenvalue weighted by Gasteiger charge is 2.21. The molecule has 27 heavy (non-hydrogen) atoms. The summed E-state index contributed by atoms with van der Waals surface area (Å²) < 4.78 is 0. The fourth-order valence-electron chi connectivity index (χ4n) is 2.46. The monoisotopic (exact) mass is 382 g/mol. The van der Waals surface area contributed by atoms with E-state index in [0.717, 1.165) is 0 Å². The zero-order valence-electron chi connectivity index (χ0n) is 18.3. The van der Waals surface area contributed by atoms with Gasteiger partial charge in [0.05, 0.1) is 0 Å². The third-order valence-corrected chi connectivity index (χ3v) is 3.33. The average Bonchev–Trinajstić information content (AvgIpc) is 2.29. The van der Waals surface area contributed by atoms with Crippen LogP contribution in [0.3, 0.4) is 0 Å². The molecular formula is C19H38N6O2. The van der Waals surface area contributed by atoms with Crippen LogP contribution in [0.2, 0.25) is 0 Å². The molecule has 5 N–H and O–H groups in total. The number of anilines is 3. The molecule has 0 bridgehead atoms. The third kappa shape index (κ3) is 10.9. The number of nitrogens with zero attached hydrogens (tertiary/aromatic N) is 3. The number of rotatable bonds is 7. The van der Waals surface area contributed by atoms with Crippen LogP contribution in [-0.4, -0.2) is 43.2 Å². The van der Waals surface area contributed by atoms with Crippen molar-refractivity contribution in [1.29, 1.82) is 0 Å². The second-order valence-corrected chi connectivity index (χ2v) is 10.5. The third-order valence-electron chi connectivity index (χ3n) is 3.33. The lowest BCUT2D eigenvalue weighted by atomic mass is 9.91. The molecule has 0 saturated carbocycles. The molecule has 0 aliphatic carbocycles. The fraction of sp³-hybridized carbons (Fsp3) is 0.842. The molecule has 0 radical (unpaired) electrons. The minimum Gasteiger partial charge on any atom is -0.374 e. The van der Waals surface area contributed by atoms with Crippen molar-refractivity contribution in [2.45, 2.75) is 93.2 Å². The van der Waals surface area contributed by atoms with Crippen molar-refractivity contribution in [3.8, 4) is 0 Å². The van der Waals surface area contributed by atoms with Gasteiger partial charge in [-0.2, -0.15) is 15.0 Å². The Morgan fingerprint density at radius 2 is 1.00 bits per heavy atom. The van der Waals surface area contributed by atoms with E-state index in [1.165, 1.54) is 0 Å². The molecule has 8 heteroatoms. The average molecular weight is 383 g/mol. The minimum atomic E-state index is -0.790. The molecule has 8 nitrogen and oxygen atoms in total. The van der Waals surface area contributed by atoms with Crippen molar-refractivity contribution in [1.82, 2.24) is 15.0 Å². The number of hydrogen-bond donors (Lipinski definition) is 5. The van der Waals surface area contributed by atoms with Crippen LogP contribution in [-0.2, 0) is 0 Å². The molecule has 0 aliphatic rings. The topological polar surface area (TPSA) is 115 Å². The standard InChI is InChI=1S/C19H38N6O2/c1-17(2,3)10-12(26)20-14-22-15(21-13(27)11-18(4,5)6)24-16(23-14)25-19(7,8)9/h12-13,26-27H,10-11H2,1-9H3,(H3,20,21,22,23,24,25). The Kier molecular flexibility index (Phi) is 7.41. The van der Waals surface area contributed by atoms with Gasteiger partial charge in [-0.1, -0.05) is 41.5 Å². The summed E-state index contributed by atoms with van der Waals surface area (Å²) in [5, 5.41) is 29.6. The lowest BCUT2D eigenvalue weighted by Crippen LogP contribution is -2.30. The minimum absolute atomic E-state index is 0.0457. The van der Waals surface area contributed by atoms with Gasteiger partial charge in [0, 0.05) is 5.54 Å². The molecule has 0 spiro atoms. The smallest absolute Gasteiger partial charge is 0.231 e. The summed E-state index contributed by atoms with van der Waals surface area (Å²) in [6.07, 6.45) is -0.504. The van der Waals surface area contributed by atoms with Crippen molar-refractivity contribution in [2.24, 2.45) is 10.8 Å². The lowest BCUT2D eigenvalue weighted by Gasteiger charge is -2.25. The zero-order chi connectivity index (χ0) is 21.0. The van der Waals surface area contributed by atoms with Gasteiger partial charge in [-0.15, -0.1) is 0 Å². The predicted molar refractivity (Wildman–Crippen MR) is 111 cm³/mol. The summed E-state index contributed by atoms with van der Waals surface area (Å²) in [6, 6.07) is 0. The summed E-state index contributed by atoms with van der Waals surface area (Å²) in [6.45, 7) is 18.3. The Hall–Kier alpha value is -1.67. The molecule has 156 valence electrons. The van der Waals surface area contributed by atoms with E-state index in [4.69, 9.17) is 0 Å². The summed E-state index contributed by atoms with van der Waals surface area (Å²) in [5.74, 6) is 0.867. The Balaban J connectivity index is 3.02. The van der Waals surface area contributed by atoms with Crippen LogP contribution in [0.25, 0.3) is 0 Å². The number of aliphatic hydroxyl groups excluding tert-OH is 2. The van der Waals surface area contributed by atoms with Crippen molar-refractivity contribution >= 4 is 17.8 Å². The second kappa shape index (κ2) is 8.56. The van der Waals surface area contributed by atoms with Crippen molar-refractivity contribution < 1.29 is 10.2 Å². The summed E-state index contributed by atoms with van der Waals surface area (Å²) >= 11 is 0. The molecule has 0 saturated heterocycles. The normalized spacial score (nSPS) is 15.2. The Morgan fingerprint density at radius 3 is 1.30 bits per heavy atom. The van der Waals surface area contributed by atoms with Gasteiger partial charge in [-0.3, -0.25) is 0 Å². The first-order valence-electron chi connectivity index (χ1n) is 9.46. The van der Waals surface area contributed by atoms with Gasteiger partial charge >= 0.3 is 0 Å². The number of aliphatic hydroxyl groups is 2. The molecule has 2 atom stereocenters. The predicted octanol–water partition coefficient (Wildman–Crippen LogP) is 3.42. The quantitative estimate of drug-likeness (QED) is 0.456. The second-order valence-electron chi connectivity index (χ2n) is 10.5. The van der Waals surface area contributed by atoms with Gasteiger partial charge in [-0.05, 0) is 44.4 Å². The Morgan fingerprint density at radius 1 is 0.667 bits per heavy atom. The van der Waals surface area contributed by atoms with Gasteiger partial charge in [-0.25, -0.2) is 0 Å². The van der Waals surface area contributed by atoms with Crippen LogP contribution in [0.15, 0.2) is 0 Å². The van der Waals surface area contributed by atoms with Crippen LogP contribution < -0.4 is 16.0 Å². The van der Waals surface area contributed by atoms with Gasteiger partial charge in [0.25, 0.3) is 0 Å². The van der Waals surface area contributed by atoms with Gasteiger partial charge in [0.15, 0.2) is 0 Å². The lowest BCUT2D eigenvalue weighted by molar-refractivity contribution is 0.144. The first kappa shape index (κ1) is 23.4. The number of nitrogens with one attached hydrogen (secondary N) is 3. The maximum absolute atomic E-state index is 10.3. The Bertz CT molecular complexity index is 559. The Labute approximate surface area is 163 Å². The van der Waals surface area contributed by atoms with Crippen LogP contribution >= 0.6 is 0 Å². The van der Waals surface area contributed by atoms with Gasteiger partial charge in [0.1, 0.15) is 12.5 Å². The molecular weight excluding hydrogens is 344 g/mol. The van der Waals surface area contributed by atoms with Crippen molar-refractivity contribution in [3.05, 3.63) is 0 Å². The fourth-order valence-corrected chi connectivity index (χ4v) is 2.46. The van der Waals surface area contributed by atoms with Crippen LogP contribution in [0.4, 0.5) is 17.8 Å². The molecule has 1 rings (SSSR count). The summed E-state index contributed by atoms with van der Waals surface area (Å²) in [4.78, 5) is 13.0. The molecule has 1 heterocycles. The zero-order valence-corrected chi connectivity index (χ0v) is 18.3. The SMILES string of the molecule is CC(C)(C)CC(O)Nc1nc(NC(O)CC(C)(C)C)nc(NC(C)(C)C)n1. The molecule has 1 aromatic heterocycles. The number of aromatic nitrogens is 3.